The van der Waals surface area contributed by atoms with Crippen LogP contribution in [0.3, 0.4) is 0 Å². The predicted octanol–water partition coefficient (Wildman–Crippen LogP) is 3.42. The van der Waals surface area contributed by atoms with Crippen LogP contribution >= 0.6 is 11.3 Å². The molecule has 0 amide bonds. The highest BCUT2D eigenvalue weighted by molar-refractivity contribution is 7.10. The highest BCUT2D eigenvalue weighted by Crippen LogP contribution is 2.19. The normalized spacial score (nSPS) is 10.1. The molecule has 0 radical (unpaired) electrons. The van der Waals surface area contributed by atoms with Crippen LogP contribution in [0.1, 0.15) is 16.0 Å². The SMILES string of the molecule is COCCc1ccccc1NCc1cc(C#N)cs1. The minimum Gasteiger partial charge on any atom is -0.384 e. The van der Waals surface area contributed by atoms with Crippen LogP contribution < -0.4 is 5.32 Å². The third-order valence-corrected chi connectivity index (χ3v) is 3.77. The number of rotatable bonds is 6. The van der Waals surface area contributed by atoms with Crippen LogP contribution in [-0.4, -0.2) is 13.7 Å². The summed E-state index contributed by atoms with van der Waals surface area (Å²) >= 11 is 1.61. The van der Waals surface area contributed by atoms with E-state index >= 15 is 0 Å². The smallest absolute Gasteiger partial charge is 0.100 e. The predicted molar refractivity (Wildman–Crippen MR) is 78.4 cm³/mol. The average molecular weight is 272 g/mol. The van der Waals surface area contributed by atoms with Gasteiger partial charge < -0.3 is 10.1 Å². The van der Waals surface area contributed by atoms with Gasteiger partial charge in [-0.05, 0) is 24.1 Å². The van der Waals surface area contributed by atoms with Gasteiger partial charge in [-0.15, -0.1) is 11.3 Å². The maximum Gasteiger partial charge on any atom is 0.100 e. The number of nitriles is 1. The van der Waals surface area contributed by atoms with Crippen molar-refractivity contribution < 1.29 is 4.74 Å². The minimum atomic E-state index is 0.719. The lowest BCUT2D eigenvalue weighted by Crippen LogP contribution is -2.03. The Morgan fingerprint density at radius 1 is 1.37 bits per heavy atom. The molecule has 0 saturated carbocycles. The number of hydrogen-bond acceptors (Lipinski definition) is 4. The van der Waals surface area contributed by atoms with E-state index in [-0.39, 0.29) is 0 Å². The fourth-order valence-electron chi connectivity index (χ4n) is 1.84. The zero-order chi connectivity index (χ0) is 13.5. The molecule has 0 fully saturated rings. The van der Waals surface area contributed by atoms with Gasteiger partial charge in [0.05, 0.1) is 12.2 Å². The van der Waals surface area contributed by atoms with Crippen LogP contribution in [0.5, 0.6) is 0 Å². The Bertz CT molecular complexity index is 572. The molecule has 0 bridgehead atoms. The Labute approximate surface area is 117 Å². The van der Waals surface area contributed by atoms with Gasteiger partial charge in [-0.1, -0.05) is 18.2 Å². The van der Waals surface area contributed by atoms with E-state index in [9.17, 15) is 0 Å². The van der Waals surface area contributed by atoms with Crippen molar-refractivity contribution in [2.24, 2.45) is 0 Å². The van der Waals surface area contributed by atoms with Gasteiger partial charge in [0.25, 0.3) is 0 Å². The number of para-hydroxylation sites is 1. The molecule has 19 heavy (non-hydrogen) atoms. The van der Waals surface area contributed by atoms with Gasteiger partial charge in [-0.25, -0.2) is 0 Å². The number of nitrogens with one attached hydrogen (secondary N) is 1. The first-order valence-electron chi connectivity index (χ1n) is 6.11. The lowest BCUT2D eigenvalue weighted by Gasteiger charge is -2.10. The summed E-state index contributed by atoms with van der Waals surface area (Å²) in [6.45, 7) is 1.46. The third-order valence-electron chi connectivity index (χ3n) is 2.83. The Kier molecular flexibility index (Phi) is 4.96. The Balaban J connectivity index is 2.00. The number of nitrogens with zero attached hydrogens (tertiary/aromatic N) is 1. The molecule has 1 heterocycles. The number of anilines is 1. The van der Waals surface area contributed by atoms with Gasteiger partial charge in [0.1, 0.15) is 6.07 Å². The molecular weight excluding hydrogens is 256 g/mol. The van der Waals surface area contributed by atoms with E-state index in [0.29, 0.717) is 0 Å². The molecule has 0 aliphatic rings. The van der Waals surface area contributed by atoms with E-state index in [1.165, 1.54) is 5.56 Å². The van der Waals surface area contributed by atoms with Crippen molar-refractivity contribution in [2.45, 2.75) is 13.0 Å². The van der Waals surface area contributed by atoms with Crippen molar-refractivity contribution in [1.82, 2.24) is 0 Å². The molecule has 2 rings (SSSR count). The molecule has 0 aliphatic heterocycles. The van der Waals surface area contributed by atoms with Crippen molar-refractivity contribution >= 4 is 17.0 Å². The van der Waals surface area contributed by atoms with E-state index in [1.54, 1.807) is 18.4 Å². The second-order valence-corrected chi connectivity index (χ2v) is 5.16. The van der Waals surface area contributed by atoms with E-state index in [2.05, 4.69) is 23.5 Å². The van der Waals surface area contributed by atoms with Crippen LogP contribution in [0, 0.1) is 11.3 Å². The van der Waals surface area contributed by atoms with Crippen molar-refractivity contribution in [3.05, 3.63) is 51.7 Å². The molecule has 1 aromatic carbocycles. The Morgan fingerprint density at radius 2 is 2.21 bits per heavy atom. The molecule has 0 spiro atoms. The number of benzene rings is 1. The van der Waals surface area contributed by atoms with Crippen molar-refractivity contribution in [3.8, 4) is 6.07 Å². The fraction of sp³-hybridized carbons (Fsp3) is 0.267. The summed E-state index contributed by atoms with van der Waals surface area (Å²) in [6.07, 6.45) is 0.896. The summed E-state index contributed by atoms with van der Waals surface area (Å²) < 4.78 is 5.12. The fourth-order valence-corrected chi connectivity index (χ4v) is 2.59. The second-order valence-electron chi connectivity index (χ2n) is 4.17. The maximum absolute atomic E-state index is 8.80. The van der Waals surface area contributed by atoms with Gasteiger partial charge in [-0.3, -0.25) is 0 Å². The standard InChI is InChI=1S/C15H16N2OS/c1-18-7-6-13-4-2-3-5-15(13)17-10-14-8-12(9-16)11-19-14/h2-5,8,11,17H,6-7,10H2,1H3. The largest absolute Gasteiger partial charge is 0.384 e. The van der Waals surface area contributed by atoms with Gasteiger partial charge in [0, 0.05) is 29.6 Å². The summed E-state index contributed by atoms with van der Waals surface area (Å²) in [4.78, 5) is 1.16. The van der Waals surface area contributed by atoms with E-state index in [0.717, 1.165) is 35.7 Å². The monoisotopic (exact) mass is 272 g/mol. The molecule has 98 valence electrons. The highest BCUT2D eigenvalue weighted by atomic mass is 32.1. The van der Waals surface area contributed by atoms with Crippen LogP contribution in [-0.2, 0) is 17.7 Å². The Hall–Kier alpha value is -1.83. The van der Waals surface area contributed by atoms with E-state index in [4.69, 9.17) is 10.00 Å². The van der Waals surface area contributed by atoms with Crippen molar-refractivity contribution in [3.63, 3.8) is 0 Å². The van der Waals surface area contributed by atoms with Crippen LogP contribution in [0.15, 0.2) is 35.7 Å². The highest BCUT2D eigenvalue weighted by Gasteiger charge is 2.03. The van der Waals surface area contributed by atoms with Crippen LogP contribution in [0.4, 0.5) is 5.69 Å². The molecular formula is C15H16N2OS. The first-order valence-corrected chi connectivity index (χ1v) is 6.99. The molecule has 2 aromatic rings. The third kappa shape index (κ3) is 3.82. The van der Waals surface area contributed by atoms with E-state index < -0.39 is 0 Å². The topological polar surface area (TPSA) is 45.0 Å². The summed E-state index contributed by atoms with van der Waals surface area (Å²) in [5.74, 6) is 0. The molecule has 0 aliphatic carbocycles. The van der Waals surface area contributed by atoms with Crippen molar-refractivity contribution in [2.75, 3.05) is 19.0 Å². The quantitative estimate of drug-likeness (QED) is 0.876. The first-order chi connectivity index (χ1) is 9.33. The molecule has 4 heteroatoms. The zero-order valence-corrected chi connectivity index (χ0v) is 11.7. The first kappa shape index (κ1) is 13.6. The molecule has 0 unspecified atom stereocenters. The van der Waals surface area contributed by atoms with Gasteiger partial charge >= 0.3 is 0 Å². The summed E-state index contributed by atoms with van der Waals surface area (Å²) in [6, 6.07) is 12.3. The Morgan fingerprint density at radius 3 is 2.95 bits per heavy atom. The van der Waals surface area contributed by atoms with Crippen molar-refractivity contribution in [1.29, 1.82) is 5.26 Å². The number of thiophene rings is 1. The number of methoxy groups -OCH3 is 1. The molecule has 1 aromatic heterocycles. The van der Waals surface area contributed by atoms with Gasteiger partial charge in [0.2, 0.25) is 0 Å². The van der Waals surface area contributed by atoms with Crippen LogP contribution in [0.2, 0.25) is 0 Å². The summed E-state index contributed by atoms with van der Waals surface area (Å²) in [5.41, 5.74) is 3.11. The second kappa shape index (κ2) is 6.93. The summed E-state index contributed by atoms with van der Waals surface area (Å²) in [7, 11) is 1.71. The van der Waals surface area contributed by atoms with E-state index in [1.807, 2.05) is 23.6 Å². The number of ether oxygens (including phenoxy) is 1. The minimum absolute atomic E-state index is 0.719. The lowest BCUT2D eigenvalue weighted by molar-refractivity contribution is 0.202. The number of hydrogen-bond donors (Lipinski definition) is 1. The lowest BCUT2D eigenvalue weighted by atomic mass is 10.1. The van der Waals surface area contributed by atoms with Gasteiger partial charge in [0.15, 0.2) is 0 Å². The molecule has 0 saturated heterocycles. The summed E-state index contributed by atoms with van der Waals surface area (Å²) in [5, 5.41) is 14.1. The molecule has 1 N–H and O–H groups in total. The van der Waals surface area contributed by atoms with Gasteiger partial charge in [-0.2, -0.15) is 5.26 Å². The molecule has 3 nitrogen and oxygen atoms in total. The average Bonchev–Trinajstić information content (AvgIpc) is 2.91. The molecule has 0 atom stereocenters. The maximum atomic E-state index is 8.80. The zero-order valence-electron chi connectivity index (χ0n) is 10.8. The van der Waals surface area contributed by atoms with Crippen LogP contribution in [0.25, 0.3) is 0 Å².